The molecule has 4 rings (SSSR count). The van der Waals surface area contributed by atoms with E-state index >= 15 is 0 Å². The number of benzene rings is 1. The number of halogens is 2. The third kappa shape index (κ3) is 4.04. The largest absolute Gasteiger partial charge is 0.464 e. The Hall–Kier alpha value is -2.51. The van der Waals surface area contributed by atoms with Gasteiger partial charge in [0.1, 0.15) is 5.82 Å². The van der Waals surface area contributed by atoms with Crippen molar-refractivity contribution in [3.63, 3.8) is 0 Å². The molecule has 2 aromatic heterocycles. The van der Waals surface area contributed by atoms with Crippen molar-refractivity contribution in [3.05, 3.63) is 53.1 Å². The van der Waals surface area contributed by atoms with Crippen LogP contribution >= 0.6 is 12.4 Å². The van der Waals surface area contributed by atoms with Gasteiger partial charge in [0.2, 0.25) is 0 Å². The molecule has 0 aliphatic carbocycles. The van der Waals surface area contributed by atoms with Crippen LogP contribution in [-0.2, 0) is 4.74 Å². The van der Waals surface area contributed by atoms with E-state index in [0.29, 0.717) is 17.3 Å². The van der Waals surface area contributed by atoms with E-state index in [-0.39, 0.29) is 29.8 Å². The van der Waals surface area contributed by atoms with E-state index in [0.717, 1.165) is 42.6 Å². The Bertz CT molecular complexity index is 1040. The van der Waals surface area contributed by atoms with Crippen LogP contribution in [0.15, 0.2) is 30.3 Å². The predicted molar refractivity (Wildman–Crippen MR) is 116 cm³/mol. The molecular formula is C22H26ClFN4O2. The standard InChI is InChI=1S/C22H25FN4O2.ClH/c1-13(2)20-19-17(14-8-10-24-11-9-14)12-18(22(28)29-3)25-21(19)27(26-20)16-6-4-15(23)5-7-16;/h4-7,12-14,24H,8-11H2,1-3H3;1H. The predicted octanol–water partition coefficient (Wildman–Crippen LogP) is 4.36. The Kier molecular flexibility index (Phi) is 6.73. The highest BCUT2D eigenvalue weighted by molar-refractivity contribution is 5.93. The van der Waals surface area contributed by atoms with Crippen LogP contribution in [0.2, 0.25) is 0 Å². The summed E-state index contributed by atoms with van der Waals surface area (Å²) in [7, 11) is 1.36. The molecule has 0 bridgehead atoms. The van der Waals surface area contributed by atoms with Crippen molar-refractivity contribution in [2.75, 3.05) is 20.2 Å². The van der Waals surface area contributed by atoms with Gasteiger partial charge in [-0.25, -0.2) is 18.9 Å². The van der Waals surface area contributed by atoms with Crippen LogP contribution in [0.3, 0.4) is 0 Å². The van der Waals surface area contributed by atoms with Crippen molar-refractivity contribution >= 4 is 29.4 Å². The van der Waals surface area contributed by atoms with Gasteiger partial charge in [0, 0.05) is 5.39 Å². The highest BCUT2D eigenvalue weighted by Crippen LogP contribution is 2.36. The van der Waals surface area contributed by atoms with E-state index in [1.807, 2.05) is 6.07 Å². The summed E-state index contributed by atoms with van der Waals surface area (Å²) in [5.74, 6) is -0.299. The SMILES string of the molecule is COC(=O)c1cc(C2CCNCC2)c2c(C(C)C)nn(-c3ccc(F)cc3)c2n1.Cl. The summed E-state index contributed by atoms with van der Waals surface area (Å²) >= 11 is 0. The molecule has 1 fully saturated rings. The molecule has 160 valence electrons. The maximum atomic E-state index is 13.5. The first kappa shape index (κ1) is 22.2. The quantitative estimate of drug-likeness (QED) is 0.620. The summed E-state index contributed by atoms with van der Waals surface area (Å²) in [4.78, 5) is 17.0. The van der Waals surface area contributed by atoms with Gasteiger partial charge in [-0.1, -0.05) is 13.8 Å². The van der Waals surface area contributed by atoms with Gasteiger partial charge in [0.25, 0.3) is 0 Å². The fourth-order valence-corrected chi connectivity index (χ4v) is 4.00. The number of piperidine rings is 1. The van der Waals surface area contributed by atoms with Crippen molar-refractivity contribution in [2.24, 2.45) is 0 Å². The number of hydrogen-bond donors (Lipinski definition) is 1. The lowest BCUT2D eigenvalue weighted by Gasteiger charge is -2.24. The van der Waals surface area contributed by atoms with E-state index in [9.17, 15) is 9.18 Å². The molecule has 30 heavy (non-hydrogen) atoms. The molecule has 8 heteroatoms. The zero-order chi connectivity index (χ0) is 20.5. The lowest BCUT2D eigenvalue weighted by molar-refractivity contribution is 0.0594. The van der Waals surface area contributed by atoms with E-state index in [1.165, 1.54) is 19.2 Å². The first-order chi connectivity index (χ1) is 14.0. The number of pyridine rings is 1. The molecule has 0 atom stereocenters. The Morgan fingerprint density at radius 1 is 1.23 bits per heavy atom. The second-order valence-electron chi connectivity index (χ2n) is 7.74. The van der Waals surface area contributed by atoms with E-state index in [1.54, 1.807) is 16.8 Å². The molecule has 0 unspecified atom stereocenters. The minimum absolute atomic E-state index is 0. The van der Waals surface area contributed by atoms with Crippen LogP contribution in [0.1, 0.15) is 60.3 Å². The third-order valence-electron chi connectivity index (χ3n) is 5.49. The topological polar surface area (TPSA) is 69.0 Å². The van der Waals surface area contributed by atoms with Crippen molar-refractivity contribution in [2.45, 2.75) is 38.5 Å². The highest BCUT2D eigenvalue weighted by Gasteiger charge is 2.27. The van der Waals surface area contributed by atoms with Crippen molar-refractivity contribution < 1.29 is 13.9 Å². The van der Waals surface area contributed by atoms with Gasteiger partial charge in [-0.2, -0.15) is 5.10 Å². The Labute approximate surface area is 181 Å². The average molecular weight is 433 g/mol. The highest BCUT2D eigenvalue weighted by atomic mass is 35.5. The number of rotatable bonds is 4. The molecule has 0 saturated carbocycles. The normalized spacial score (nSPS) is 14.7. The Morgan fingerprint density at radius 2 is 1.90 bits per heavy atom. The van der Waals surface area contributed by atoms with Crippen LogP contribution in [0.4, 0.5) is 4.39 Å². The molecule has 0 amide bonds. The van der Waals surface area contributed by atoms with E-state index in [2.05, 4.69) is 24.1 Å². The summed E-state index contributed by atoms with van der Waals surface area (Å²) < 4.78 is 20.1. The van der Waals surface area contributed by atoms with Gasteiger partial charge < -0.3 is 10.1 Å². The maximum absolute atomic E-state index is 13.5. The molecule has 0 radical (unpaired) electrons. The molecule has 1 aliphatic rings. The fraction of sp³-hybridized carbons (Fsp3) is 0.409. The summed E-state index contributed by atoms with van der Waals surface area (Å²) in [6, 6.07) is 8.00. The molecule has 6 nitrogen and oxygen atoms in total. The molecule has 1 aromatic carbocycles. The average Bonchev–Trinajstić information content (AvgIpc) is 3.13. The number of carbonyl (C=O) groups is 1. The van der Waals surface area contributed by atoms with E-state index < -0.39 is 5.97 Å². The van der Waals surface area contributed by atoms with Gasteiger partial charge in [0.05, 0.1) is 18.5 Å². The lowest BCUT2D eigenvalue weighted by Crippen LogP contribution is -2.27. The first-order valence-corrected chi connectivity index (χ1v) is 9.98. The van der Waals surface area contributed by atoms with Crippen LogP contribution in [-0.4, -0.2) is 40.9 Å². The number of nitrogens with zero attached hydrogens (tertiary/aromatic N) is 3. The van der Waals surface area contributed by atoms with Crippen LogP contribution in [0.25, 0.3) is 16.7 Å². The Morgan fingerprint density at radius 3 is 2.50 bits per heavy atom. The molecular weight excluding hydrogens is 407 g/mol. The number of esters is 1. The number of hydrogen-bond acceptors (Lipinski definition) is 5. The van der Waals surface area contributed by atoms with Crippen LogP contribution in [0.5, 0.6) is 0 Å². The monoisotopic (exact) mass is 432 g/mol. The number of nitrogens with one attached hydrogen (secondary N) is 1. The second-order valence-corrected chi connectivity index (χ2v) is 7.74. The smallest absolute Gasteiger partial charge is 0.356 e. The lowest BCUT2D eigenvalue weighted by atomic mass is 9.87. The van der Waals surface area contributed by atoms with E-state index in [4.69, 9.17) is 9.84 Å². The van der Waals surface area contributed by atoms with Crippen LogP contribution < -0.4 is 5.32 Å². The summed E-state index contributed by atoms with van der Waals surface area (Å²) in [5, 5.41) is 9.22. The Balaban J connectivity index is 0.00000256. The summed E-state index contributed by atoms with van der Waals surface area (Å²) in [6.45, 7) is 6.06. The summed E-state index contributed by atoms with van der Waals surface area (Å²) in [5.41, 5.74) is 3.61. The molecule has 1 N–H and O–H groups in total. The number of methoxy groups -OCH3 is 1. The van der Waals surface area contributed by atoms with Crippen molar-refractivity contribution in [3.8, 4) is 5.69 Å². The first-order valence-electron chi connectivity index (χ1n) is 9.98. The second kappa shape index (κ2) is 9.10. The zero-order valence-corrected chi connectivity index (χ0v) is 18.1. The van der Waals surface area contributed by atoms with Gasteiger partial charge in [-0.3, -0.25) is 0 Å². The minimum Gasteiger partial charge on any atom is -0.464 e. The van der Waals surface area contributed by atoms with Gasteiger partial charge in [-0.05, 0) is 73.7 Å². The maximum Gasteiger partial charge on any atom is 0.356 e. The number of ether oxygens (including phenoxy) is 1. The van der Waals surface area contributed by atoms with Crippen molar-refractivity contribution in [1.29, 1.82) is 0 Å². The van der Waals surface area contributed by atoms with Crippen LogP contribution in [0, 0.1) is 5.82 Å². The van der Waals surface area contributed by atoms with Crippen molar-refractivity contribution in [1.82, 2.24) is 20.1 Å². The van der Waals surface area contributed by atoms with Gasteiger partial charge in [-0.15, -0.1) is 12.4 Å². The minimum atomic E-state index is -0.472. The molecule has 3 aromatic rings. The van der Waals surface area contributed by atoms with Gasteiger partial charge >= 0.3 is 5.97 Å². The number of aromatic nitrogens is 3. The third-order valence-corrected chi connectivity index (χ3v) is 5.49. The fourth-order valence-electron chi connectivity index (χ4n) is 4.00. The zero-order valence-electron chi connectivity index (χ0n) is 17.3. The molecule has 1 saturated heterocycles. The molecule has 3 heterocycles. The molecule has 0 spiro atoms. The number of carbonyl (C=O) groups excluding carboxylic acids is 1. The molecule has 1 aliphatic heterocycles. The van der Waals surface area contributed by atoms with Gasteiger partial charge in [0.15, 0.2) is 11.3 Å². The summed E-state index contributed by atoms with van der Waals surface area (Å²) in [6.07, 6.45) is 1.97. The number of fused-ring (bicyclic) bond motifs is 1.